The number of aromatic hydroxyl groups is 7. The second kappa shape index (κ2) is 10.5. The molecule has 0 saturated carbocycles. The van der Waals surface area contributed by atoms with Crippen LogP contribution in [0.25, 0.3) is 54.6 Å². The van der Waals surface area contributed by atoms with Crippen LogP contribution in [0.15, 0.2) is 91.0 Å². The van der Waals surface area contributed by atoms with Gasteiger partial charge in [0.1, 0.15) is 5.75 Å². The number of benzene rings is 7. The zero-order chi connectivity index (χ0) is 32.4. The summed E-state index contributed by atoms with van der Waals surface area (Å²) in [6.45, 7) is 3.01. The van der Waals surface area contributed by atoms with Crippen molar-refractivity contribution < 1.29 is 35.7 Å². The van der Waals surface area contributed by atoms with Gasteiger partial charge < -0.3 is 35.7 Å². The van der Waals surface area contributed by atoms with Gasteiger partial charge >= 0.3 is 0 Å². The maximum Gasteiger partial charge on any atom is 0.204 e. The Kier molecular flexibility index (Phi) is 6.56. The number of hydrogen-bond acceptors (Lipinski definition) is 7. The van der Waals surface area contributed by atoms with Crippen LogP contribution in [0.5, 0.6) is 40.2 Å². The molecule has 0 aliphatic rings. The molecule has 7 heteroatoms. The predicted octanol–water partition coefficient (Wildman–Crippen LogP) is 8.63. The second-order valence-corrected chi connectivity index (χ2v) is 11.6. The molecule has 0 bridgehead atoms. The molecular formula is C39H30O7. The van der Waals surface area contributed by atoms with Crippen molar-refractivity contribution in [2.45, 2.75) is 20.3 Å². The molecule has 0 radical (unpaired) electrons. The Bertz CT molecular complexity index is 2270. The van der Waals surface area contributed by atoms with Gasteiger partial charge in [0.15, 0.2) is 23.0 Å². The summed E-state index contributed by atoms with van der Waals surface area (Å²) in [4.78, 5) is 0. The standard InChI is InChI=1S/C39H30O7/c1-19-28(18-29-20(2)34(41)38(45)39(46)36(29)43)35(42)37(44)32(33(19)40)31-26-15-7-5-13-24(26)30(25-14-6-8-16-27(25)31)23-17-9-11-21-10-3-4-12-22(21)23/h3-17,40-46H,18H2,1-2H3. The predicted molar refractivity (Wildman–Crippen MR) is 180 cm³/mol. The Hall–Kier alpha value is -6.08. The summed E-state index contributed by atoms with van der Waals surface area (Å²) in [6, 6.07) is 29.9. The molecule has 7 nitrogen and oxygen atoms in total. The average Bonchev–Trinajstić information content (AvgIpc) is 3.08. The summed E-state index contributed by atoms with van der Waals surface area (Å²) in [5, 5.41) is 81.3. The maximum atomic E-state index is 11.8. The smallest absolute Gasteiger partial charge is 0.204 e. The molecule has 0 unspecified atom stereocenters. The SMILES string of the molecule is Cc1c(O)c(O)c(O)c(O)c1Cc1c(C)c(O)c(-c2c3ccccc3c(-c3cccc4ccccc34)c3ccccc23)c(O)c1O. The van der Waals surface area contributed by atoms with Crippen molar-refractivity contribution in [2.24, 2.45) is 0 Å². The summed E-state index contributed by atoms with van der Waals surface area (Å²) >= 11 is 0. The number of phenols is 7. The minimum atomic E-state index is -0.912. The highest BCUT2D eigenvalue weighted by Crippen LogP contribution is 2.55. The third-order valence-electron chi connectivity index (χ3n) is 9.15. The monoisotopic (exact) mass is 610 g/mol. The topological polar surface area (TPSA) is 142 Å². The fourth-order valence-corrected chi connectivity index (χ4v) is 6.72. The van der Waals surface area contributed by atoms with Crippen molar-refractivity contribution >= 4 is 32.3 Å². The molecule has 7 N–H and O–H groups in total. The second-order valence-electron chi connectivity index (χ2n) is 11.6. The lowest BCUT2D eigenvalue weighted by molar-refractivity contribution is 0.341. The maximum absolute atomic E-state index is 11.8. The molecule has 0 amide bonds. The molecule has 0 aromatic heterocycles. The van der Waals surface area contributed by atoms with Crippen molar-refractivity contribution in [2.75, 3.05) is 0 Å². The Morgan fingerprint density at radius 3 is 1.39 bits per heavy atom. The van der Waals surface area contributed by atoms with E-state index < -0.39 is 34.5 Å². The number of fused-ring (bicyclic) bond motifs is 3. The van der Waals surface area contributed by atoms with E-state index in [9.17, 15) is 35.7 Å². The van der Waals surface area contributed by atoms with Gasteiger partial charge in [0.25, 0.3) is 0 Å². The van der Waals surface area contributed by atoms with Crippen LogP contribution in [0.1, 0.15) is 22.3 Å². The van der Waals surface area contributed by atoms with Gasteiger partial charge in [-0.25, -0.2) is 0 Å². The number of rotatable bonds is 4. The van der Waals surface area contributed by atoms with Crippen LogP contribution < -0.4 is 0 Å². The third kappa shape index (κ3) is 4.05. The number of hydrogen-bond donors (Lipinski definition) is 7. The van der Waals surface area contributed by atoms with E-state index in [0.29, 0.717) is 5.56 Å². The van der Waals surface area contributed by atoms with Gasteiger partial charge in [-0.15, -0.1) is 0 Å². The van der Waals surface area contributed by atoms with Gasteiger partial charge in [-0.05, 0) is 62.9 Å². The highest BCUT2D eigenvalue weighted by atomic mass is 16.3. The third-order valence-corrected chi connectivity index (χ3v) is 9.15. The van der Waals surface area contributed by atoms with E-state index in [2.05, 4.69) is 24.3 Å². The zero-order valence-electron chi connectivity index (χ0n) is 25.0. The van der Waals surface area contributed by atoms with E-state index in [1.165, 1.54) is 6.92 Å². The minimum absolute atomic E-state index is 0.00749. The molecule has 7 rings (SSSR count). The lowest BCUT2D eigenvalue weighted by atomic mass is 9.83. The van der Waals surface area contributed by atoms with E-state index in [4.69, 9.17) is 0 Å². The molecule has 7 aromatic carbocycles. The minimum Gasteiger partial charge on any atom is -0.507 e. The quantitative estimate of drug-likeness (QED) is 0.0601. The molecule has 228 valence electrons. The van der Waals surface area contributed by atoms with E-state index in [1.54, 1.807) is 6.92 Å². The molecule has 0 aliphatic heterocycles. The summed E-state index contributed by atoms with van der Waals surface area (Å²) in [7, 11) is 0. The van der Waals surface area contributed by atoms with Crippen molar-refractivity contribution in [3.63, 3.8) is 0 Å². The first-order valence-electron chi connectivity index (χ1n) is 14.7. The van der Waals surface area contributed by atoms with Crippen molar-refractivity contribution in [3.8, 4) is 62.5 Å². The average molecular weight is 611 g/mol. The van der Waals surface area contributed by atoms with E-state index in [1.807, 2.05) is 66.7 Å². The van der Waals surface area contributed by atoms with Crippen molar-refractivity contribution in [3.05, 3.63) is 113 Å². The van der Waals surface area contributed by atoms with Crippen molar-refractivity contribution in [1.29, 1.82) is 0 Å². The van der Waals surface area contributed by atoms with E-state index in [0.717, 1.165) is 43.4 Å². The van der Waals surface area contributed by atoms with Gasteiger partial charge in [0, 0.05) is 28.7 Å². The van der Waals surface area contributed by atoms with Gasteiger partial charge in [0.05, 0.1) is 5.56 Å². The lowest BCUT2D eigenvalue weighted by Gasteiger charge is -2.22. The molecule has 0 atom stereocenters. The van der Waals surface area contributed by atoms with Gasteiger partial charge in [-0.1, -0.05) is 91.0 Å². The molecule has 0 spiro atoms. The normalized spacial score (nSPS) is 11.5. The summed E-state index contributed by atoms with van der Waals surface area (Å²) in [6.07, 6.45) is -0.278. The van der Waals surface area contributed by atoms with Crippen LogP contribution in [0, 0.1) is 13.8 Å². The Morgan fingerprint density at radius 1 is 0.370 bits per heavy atom. The lowest BCUT2D eigenvalue weighted by Crippen LogP contribution is -2.00. The van der Waals surface area contributed by atoms with Crippen LogP contribution in [-0.2, 0) is 6.42 Å². The molecule has 0 fully saturated rings. The Morgan fingerprint density at radius 2 is 0.804 bits per heavy atom. The van der Waals surface area contributed by atoms with Crippen LogP contribution in [0.4, 0.5) is 0 Å². The first kappa shape index (κ1) is 28.7. The number of phenolic OH excluding ortho intramolecular Hbond substituents is 7. The van der Waals surface area contributed by atoms with E-state index >= 15 is 0 Å². The molecule has 7 aromatic rings. The Labute approximate surface area is 263 Å². The summed E-state index contributed by atoms with van der Waals surface area (Å²) in [5.41, 5.74) is 2.99. The van der Waals surface area contributed by atoms with Gasteiger partial charge in [0.2, 0.25) is 11.5 Å². The van der Waals surface area contributed by atoms with Gasteiger partial charge in [-0.3, -0.25) is 0 Å². The molecule has 0 saturated heterocycles. The summed E-state index contributed by atoms with van der Waals surface area (Å²) < 4.78 is 0. The fourth-order valence-electron chi connectivity index (χ4n) is 6.72. The molecular weight excluding hydrogens is 580 g/mol. The van der Waals surface area contributed by atoms with Crippen LogP contribution in [0.3, 0.4) is 0 Å². The summed E-state index contributed by atoms with van der Waals surface area (Å²) in [5.74, 6) is -4.45. The largest absolute Gasteiger partial charge is 0.507 e. The first-order chi connectivity index (χ1) is 22.1. The van der Waals surface area contributed by atoms with Crippen LogP contribution >= 0.6 is 0 Å². The van der Waals surface area contributed by atoms with Gasteiger partial charge in [-0.2, -0.15) is 0 Å². The molecule has 0 aliphatic carbocycles. The van der Waals surface area contributed by atoms with E-state index in [-0.39, 0.29) is 40.0 Å². The van der Waals surface area contributed by atoms with Crippen LogP contribution in [-0.4, -0.2) is 35.7 Å². The molecule has 46 heavy (non-hydrogen) atoms. The molecule has 0 heterocycles. The highest BCUT2D eigenvalue weighted by Gasteiger charge is 2.29. The fraction of sp³-hybridized carbons (Fsp3) is 0.0769. The zero-order valence-corrected chi connectivity index (χ0v) is 25.0. The first-order valence-corrected chi connectivity index (χ1v) is 14.7. The van der Waals surface area contributed by atoms with Crippen molar-refractivity contribution in [1.82, 2.24) is 0 Å². The highest BCUT2D eigenvalue weighted by molar-refractivity contribution is 6.24. The Balaban J connectivity index is 1.53. The van der Waals surface area contributed by atoms with Crippen LogP contribution in [0.2, 0.25) is 0 Å².